The van der Waals surface area contributed by atoms with E-state index in [1.165, 1.54) is 5.56 Å². The molecule has 3 amide bonds. The summed E-state index contributed by atoms with van der Waals surface area (Å²) in [5, 5.41) is 4.75. The van der Waals surface area contributed by atoms with Gasteiger partial charge < -0.3 is 14.7 Å². The third kappa shape index (κ3) is 2.79. The van der Waals surface area contributed by atoms with Gasteiger partial charge in [-0.1, -0.05) is 0 Å². The number of piperidine rings is 1. The van der Waals surface area contributed by atoms with Crippen LogP contribution in [0.5, 0.6) is 0 Å². The standard InChI is InChI=1S/C18H27N5O2/c1-20(2)17(25)22-8-6-18(7-9-22)12-23(16(24)13-4-5-13)11-14-10-21(3)19-15(14)18/h10,13H,4-9,11-12H2,1-3H3. The Morgan fingerprint density at radius 1 is 1.20 bits per heavy atom. The number of likely N-dealkylation sites (tertiary alicyclic amines) is 1. The van der Waals surface area contributed by atoms with Crippen molar-refractivity contribution in [3.05, 3.63) is 17.5 Å². The Kier molecular flexibility index (Phi) is 3.77. The van der Waals surface area contributed by atoms with Crippen LogP contribution in [0, 0.1) is 5.92 Å². The monoisotopic (exact) mass is 345 g/mol. The van der Waals surface area contributed by atoms with Gasteiger partial charge in [-0.15, -0.1) is 0 Å². The first kappa shape index (κ1) is 16.4. The van der Waals surface area contributed by atoms with Gasteiger partial charge in [-0.05, 0) is 25.7 Å². The van der Waals surface area contributed by atoms with Crippen LogP contribution >= 0.6 is 0 Å². The van der Waals surface area contributed by atoms with Crippen molar-refractivity contribution < 1.29 is 9.59 Å². The molecule has 0 atom stereocenters. The van der Waals surface area contributed by atoms with Crippen molar-refractivity contribution >= 4 is 11.9 Å². The average molecular weight is 345 g/mol. The molecule has 3 heterocycles. The van der Waals surface area contributed by atoms with E-state index in [-0.39, 0.29) is 17.4 Å². The molecule has 1 saturated heterocycles. The SMILES string of the molecule is CN(C)C(=O)N1CCC2(CC1)CN(C(=O)C1CC1)Cc1cn(C)nc12. The summed E-state index contributed by atoms with van der Waals surface area (Å²) in [6, 6.07) is 0.0674. The van der Waals surface area contributed by atoms with Gasteiger partial charge >= 0.3 is 6.03 Å². The van der Waals surface area contributed by atoms with E-state index in [1.54, 1.807) is 19.0 Å². The quantitative estimate of drug-likeness (QED) is 0.768. The van der Waals surface area contributed by atoms with E-state index in [2.05, 4.69) is 6.20 Å². The zero-order chi connectivity index (χ0) is 17.8. The van der Waals surface area contributed by atoms with Gasteiger partial charge in [0.25, 0.3) is 0 Å². The van der Waals surface area contributed by atoms with Gasteiger partial charge in [-0.25, -0.2) is 4.79 Å². The van der Waals surface area contributed by atoms with Crippen LogP contribution in [0.25, 0.3) is 0 Å². The lowest BCUT2D eigenvalue weighted by Gasteiger charge is -2.47. The van der Waals surface area contributed by atoms with Crippen LogP contribution < -0.4 is 0 Å². The van der Waals surface area contributed by atoms with E-state index < -0.39 is 0 Å². The van der Waals surface area contributed by atoms with Crippen LogP contribution in [0.15, 0.2) is 6.20 Å². The zero-order valence-corrected chi connectivity index (χ0v) is 15.4. The number of aromatic nitrogens is 2. The summed E-state index contributed by atoms with van der Waals surface area (Å²) in [6.07, 6.45) is 5.86. The van der Waals surface area contributed by atoms with Crippen LogP contribution in [0.1, 0.15) is 36.9 Å². The summed E-state index contributed by atoms with van der Waals surface area (Å²) < 4.78 is 1.87. The summed E-state index contributed by atoms with van der Waals surface area (Å²) in [6.45, 7) is 2.87. The minimum atomic E-state index is -0.109. The van der Waals surface area contributed by atoms with Crippen molar-refractivity contribution in [2.24, 2.45) is 13.0 Å². The molecule has 7 nitrogen and oxygen atoms in total. The topological polar surface area (TPSA) is 61.7 Å². The second kappa shape index (κ2) is 5.75. The molecule has 0 aromatic carbocycles. The molecule has 1 aromatic rings. The fraction of sp³-hybridized carbons (Fsp3) is 0.722. The molecule has 1 aliphatic carbocycles. The number of amides is 3. The van der Waals surface area contributed by atoms with Crippen molar-refractivity contribution in [3.8, 4) is 0 Å². The van der Waals surface area contributed by atoms with Crippen molar-refractivity contribution in [1.29, 1.82) is 0 Å². The third-order valence-corrected chi connectivity index (χ3v) is 5.87. The molecule has 0 bridgehead atoms. The Morgan fingerprint density at radius 2 is 1.88 bits per heavy atom. The highest BCUT2D eigenvalue weighted by Gasteiger charge is 2.47. The number of carbonyl (C=O) groups excluding carboxylic acids is 2. The molecular formula is C18H27N5O2. The van der Waals surface area contributed by atoms with Crippen LogP contribution in [0.2, 0.25) is 0 Å². The summed E-state index contributed by atoms with van der Waals surface area (Å²) >= 11 is 0. The second-order valence-electron chi connectivity index (χ2n) is 8.09. The Labute approximate surface area is 148 Å². The Morgan fingerprint density at radius 3 is 2.48 bits per heavy atom. The average Bonchev–Trinajstić information content (AvgIpc) is 3.36. The molecule has 4 rings (SSSR count). The van der Waals surface area contributed by atoms with Gasteiger partial charge in [0, 0.05) is 70.4 Å². The lowest BCUT2D eigenvalue weighted by molar-refractivity contribution is -0.135. The fourth-order valence-electron chi connectivity index (χ4n) is 4.35. The maximum absolute atomic E-state index is 12.7. The Hall–Kier alpha value is -2.05. The van der Waals surface area contributed by atoms with Crippen molar-refractivity contribution in [1.82, 2.24) is 24.5 Å². The van der Waals surface area contributed by atoms with E-state index in [1.807, 2.05) is 21.5 Å². The molecule has 7 heteroatoms. The lowest BCUT2D eigenvalue weighted by atomic mass is 9.72. The van der Waals surface area contributed by atoms with E-state index in [0.717, 1.165) is 51.0 Å². The molecule has 0 radical (unpaired) electrons. The van der Waals surface area contributed by atoms with Gasteiger partial charge in [-0.3, -0.25) is 9.48 Å². The third-order valence-electron chi connectivity index (χ3n) is 5.87. The molecule has 1 aromatic heterocycles. The van der Waals surface area contributed by atoms with E-state index in [4.69, 9.17) is 5.10 Å². The highest BCUT2D eigenvalue weighted by Crippen LogP contribution is 2.43. The molecule has 2 fully saturated rings. The summed E-state index contributed by atoms with van der Waals surface area (Å²) in [4.78, 5) is 30.5. The fourth-order valence-corrected chi connectivity index (χ4v) is 4.35. The molecule has 2 aliphatic heterocycles. The molecule has 1 spiro atoms. The van der Waals surface area contributed by atoms with Gasteiger partial charge in [-0.2, -0.15) is 5.10 Å². The van der Waals surface area contributed by atoms with Gasteiger partial charge in [0.15, 0.2) is 0 Å². The smallest absolute Gasteiger partial charge is 0.319 e. The highest BCUT2D eigenvalue weighted by molar-refractivity contribution is 5.81. The summed E-state index contributed by atoms with van der Waals surface area (Å²) in [5.41, 5.74) is 2.21. The maximum Gasteiger partial charge on any atom is 0.319 e. The number of urea groups is 1. The maximum atomic E-state index is 12.7. The number of rotatable bonds is 1. The number of nitrogens with zero attached hydrogens (tertiary/aromatic N) is 5. The summed E-state index contributed by atoms with van der Waals surface area (Å²) in [5.74, 6) is 0.548. The first-order valence-corrected chi connectivity index (χ1v) is 9.18. The minimum absolute atomic E-state index is 0.0674. The number of carbonyl (C=O) groups is 2. The Balaban J connectivity index is 1.59. The van der Waals surface area contributed by atoms with Crippen molar-refractivity contribution in [2.45, 2.75) is 37.6 Å². The predicted octanol–water partition coefficient (Wildman–Crippen LogP) is 1.19. The molecule has 136 valence electrons. The number of hydrogen-bond donors (Lipinski definition) is 0. The van der Waals surface area contributed by atoms with Crippen molar-refractivity contribution in [2.75, 3.05) is 33.7 Å². The first-order chi connectivity index (χ1) is 11.9. The molecule has 1 saturated carbocycles. The molecule has 3 aliphatic rings. The van der Waals surface area contributed by atoms with Crippen molar-refractivity contribution in [3.63, 3.8) is 0 Å². The van der Waals surface area contributed by atoms with E-state index >= 15 is 0 Å². The summed E-state index contributed by atoms with van der Waals surface area (Å²) in [7, 11) is 5.53. The lowest BCUT2D eigenvalue weighted by Crippen LogP contribution is -2.55. The molecular weight excluding hydrogens is 318 g/mol. The largest absolute Gasteiger partial charge is 0.337 e. The highest BCUT2D eigenvalue weighted by atomic mass is 16.2. The van der Waals surface area contributed by atoms with Crippen LogP contribution in [0.3, 0.4) is 0 Å². The van der Waals surface area contributed by atoms with Gasteiger partial charge in [0.2, 0.25) is 5.91 Å². The molecule has 25 heavy (non-hydrogen) atoms. The predicted molar refractivity (Wildman–Crippen MR) is 92.9 cm³/mol. The number of fused-ring (bicyclic) bond motifs is 2. The normalized spacial score (nSPS) is 22.0. The van der Waals surface area contributed by atoms with Crippen LogP contribution in [-0.4, -0.2) is 70.1 Å². The van der Waals surface area contributed by atoms with Gasteiger partial charge in [0.1, 0.15) is 0 Å². The minimum Gasteiger partial charge on any atom is -0.337 e. The molecule has 0 N–H and O–H groups in total. The first-order valence-electron chi connectivity index (χ1n) is 9.18. The molecule has 0 unspecified atom stereocenters. The van der Waals surface area contributed by atoms with Gasteiger partial charge in [0.05, 0.1) is 5.69 Å². The van der Waals surface area contributed by atoms with E-state index in [9.17, 15) is 9.59 Å². The van der Waals surface area contributed by atoms with Crippen LogP contribution in [0.4, 0.5) is 4.79 Å². The zero-order valence-electron chi connectivity index (χ0n) is 15.4. The van der Waals surface area contributed by atoms with E-state index in [0.29, 0.717) is 12.5 Å². The second-order valence-corrected chi connectivity index (χ2v) is 8.09. The number of hydrogen-bond acceptors (Lipinski definition) is 3. The number of aryl methyl sites for hydroxylation is 1. The van der Waals surface area contributed by atoms with Crippen LogP contribution in [-0.2, 0) is 23.8 Å². The Bertz CT molecular complexity index is 698.